The quantitative estimate of drug-likeness (QED) is 0.366. The average molecular weight is 423 g/mol. The van der Waals surface area contributed by atoms with Crippen molar-refractivity contribution in [1.82, 2.24) is 14.8 Å². The monoisotopic (exact) mass is 423 g/mol. The molecule has 0 atom stereocenters. The molecule has 3 aromatic carbocycles. The second-order valence-corrected chi connectivity index (χ2v) is 7.64. The Balaban J connectivity index is 1.77. The lowest BCUT2D eigenvalue weighted by molar-refractivity contribution is 0.416. The van der Waals surface area contributed by atoms with Crippen LogP contribution in [0, 0.1) is 18.6 Å². The van der Waals surface area contributed by atoms with Gasteiger partial charge in [0.15, 0.2) is 11.0 Å². The van der Waals surface area contributed by atoms with Crippen LogP contribution in [0.5, 0.6) is 5.75 Å². The van der Waals surface area contributed by atoms with Gasteiger partial charge in [0.1, 0.15) is 17.4 Å². The smallest absolute Gasteiger partial charge is 0.196 e. The molecule has 0 bridgehead atoms. The fraction of sp³-hybridized carbons (Fsp3) is 0.130. The Labute approximate surface area is 177 Å². The van der Waals surface area contributed by atoms with Crippen LogP contribution in [0.1, 0.15) is 11.1 Å². The lowest BCUT2D eigenvalue weighted by Gasteiger charge is -2.13. The van der Waals surface area contributed by atoms with Crippen molar-refractivity contribution in [1.29, 1.82) is 0 Å². The van der Waals surface area contributed by atoms with Crippen LogP contribution in [-0.2, 0) is 5.75 Å². The Kier molecular flexibility index (Phi) is 5.81. The van der Waals surface area contributed by atoms with Crippen LogP contribution in [0.3, 0.4) is 0 Å². The summed E-state index contributed by atoms with van der Waals surface area (Å²) in [6.07, 6.45) is 0. The van der Waals surface area contributed by atoms with Gasteiger partial charge >= 0.3 is 0 Å². The van der Waals surface area contributed by atoms with Gasteiger partial charge in [0.05, 0.1) is 12.7 Å². The largest absolute Gasteiger partial charge is 0.496 e. The van der Waals surface area contributed by atoms with E-state index in [1.807, 2.05) is 60.0 Å². The highest BCUT2D eigenvalue weighted by Crippen LogP contribution is 2.34. The molecule has 0 aliphatic rings. The van der Waals surface area contributed by atoms with Gasteiger partial charge in [0, 0.05) is 17.5 Å². The number of ether oxygens (including phenoxy) is 1. The van der Waals surface area contributed by atoms with Gasteiger partial charge in [-0.2, -0.15) is 0 Å². The number of nitrogens with zero attached hydrogens (tertiary/aromatic N) is 3. The summed E-state index contributed by atoms with van der Waals surface area (Å²) in [6, 6.07) is 19.2. The molecular weight excluding hydrogens is 404 g/mol. The Morgan fingerprint density at radius 1 is 0.967 bits per heavy atom. The summed E-state index contributed by atoms with van der Waals surface area (Å²) in [6.45, 7) is 2.02. The highest BCUT2D eigenvalue weighted by molar-refractivity contribution is 7.98. The second-order valence-electron chi connectivity index (χ2n) is 6.70. The van der Waals surface area contributed by atoms with Crippen LogP contribution in [0.2, 0.25) is 0 Å². The van der Waals surface area contributed by atoms with Gasteiger partial charge < -0.3 is 4.74 Å². The van der Waals surface area contributed by atoms with Crippen molar-refractivity contribution >= 4 is 11.8 Å². The maximum Gasteiger partial charge on any atom is 0.196 e. The summed E-state index contributed by atoms with van der Waals surface area (Å²) >= 11 is 1.33. The lowest BCUT2D eigenvalue weighted by Crippen LogP contribution is -2.01. The standard InChI is InChI=1S/C23H19F2N3OS/c1-15-7-11-18(12-8-15)28-22(19-5-3-4-6-21(19)29-2)26-27-23(28)30-14-16-9-10-17(24)13-20(16)25/h3-13H,14H2,1-2H3. The van der Waals surface area contributed by atoms with Gasteiger partial charge in [-0.25, -0.2) is 8.78 Å². The summed E-state index contributed by atoms with van der Waals surface area (Å²) in [5, 5.41) is 9.35. The van der Waals surface area contributed by atoms with Crippen LogP contribution in [0.25, 0.3) is 17.1 Å². The number of thioether (sulfide) groups is 1. The van der Waals surface area contributed by atoms with Crippen molar-refractivity contribution in [2.45, 2.75) is 17.8 Å². The molecule has 0 saturated heterocycles. The predicted octanol–water partition coefficient (Wildman–Crippen LogP) is 5.82. The van der Waals surface area contributed by atoms with Gasteiger partial charge in [-0.1, -0.05) is 47.7 Å². The highest BCUT2D eigenvalue weighted by Gasteiger charge is 2.19. The summed E-state index contributed by atoms with van der Waals surface area (Å²) in [5.41, 5.74) is 3.22. The minimum absolute atomic E-state index is 0.294. The van der Waals surface area contributed by atoms with E-state index in [1.165, 1.54) is 23.9 Å². The topological polar surface area (TPSA) is 39.9 Å². The number of methoxy groups -OCH3 is 1. The number of aromatic nitrogens is 3. The zero-order valence-corrected chi connectivity index (χ0v) is 17.3. The molecule has 4 nitrogen and oxygen atoms in total. The van der Waals surface area contributed by atoms with Crippen molar-refractivity contribution in [3.8, 4) is 22.8 Å². The average Bonchev–Trinajstić information content (AvgIpc) is 3.17. The van der Waals surface area contributed by atoms with E-state index in [0.717, 1.165) is 22.9 Å². The normalized spacial score (nSPS) is 10.9. The number of para-hydroxylation sites is 1. The van der Waals surface area contributed by atoms with Crippen LogP contribution < -0.4 is 4.74 Å². The Morgan fingerprint density at radius 3 is 2.47 bits per heavy atom. The molecule has 4 aromatic rings. The van der Waals surface area contributed by atoms with E-state index in [-0.39, 0.29) is 0 Å². The summed E-state index contributed by atoms with van der Waals surface area (Å²) in [5.74, 6) is 0.427. The molecule has 0 N–H and O–H groups in total. The van der Waals surface area contributed by atoms with E-state index in [1.54, 1.807) is 7.11 Å². The first-order chi connectivity index (χ1) is 14.6. The van der Waals surface area contributed by atoms with Crippen LogP contribution >= 0.6 is 11.8 Å². The number of halogens is 2. The Bertz CT molecular complexity index is 1180. The third-order valence-electron chi connectivity index (χ3n) is 4.65. The zero-order chi connectivity index (χ0) is 21.1. The molecular formula is C23H19F2N3OS. The maximum absolute atomic E-state index is 14.1. The second kappa shape index (κ2) is 8.67. The minimum Gasteiger partial charge on any atom is -0.496 e. The van der Waals surface area contributed by atoms with Gasteiger partial charge in [0.25, 0.3) is 0 Å². The van der Waals surface area contributed by atoms with E-state index in [0.29, 0.717) is 28.0 Å². The Hall–Kier alpha value is -3.19. The molecule has 0 aliphatic heterocycles. The van der Waals surface area contributed by atoms with Gasteiger partial charge in [-0.15, -0.1) is 10.2 Å². The first-order valence-corrected chi connectivity index (χ1v) is 10.3. The third-order valence-corrected chi connectivity index (χ3v) is 5.62. The van der Waals surface area contributed by atoms with E-state index in [4.69, 9.17) is 4.74 Å². The third kappa shape index (κ3) is 4.07. The fourth-order valence-electron chi connectivity index (χ4n) is 3.07. The van der Waals surface area contributed by atoms with Gasteiger partial charge in [-0.05, 0) is 42.8 Å². The molecule has 0 spiro atoms. The first-order valence-electron chi connectivity index (χ1n) is 9.29. The van der Waals surface area contributed by atoms with E-state index < -0.39 is 11.6 Å². The molecule has 7 heteroatoms. The Morgan fingerprint density at radius 2 is 1.73 bits per heavy atom. The van der Waals surface area contributed by atoms with E-state index in [9.17, 15) is 8.78 Å². The zero-order valence-electron chi connectivity index (χ0n) is 16.5. The molecule has 0 fully saturated rings. The molecule has 1 heterocycles. The summed E-state index contributed by atoms with van der Waals surface area (Å²) in [4.78, 5) is 0. The van der Waals surface area contributed by atoms with E-state index >= 15 is 0 Å². The van der Waals surface area contributed by atoms with Crippen molar-refractivity contribution < 1.29 is 13.5 Å². The van der Waals surface area contributed by atoms with Crippen LogP contribution in [0.15, 0.2) is 71.9 Å². The minimum atomic E-state index is -0.595. The highest BCUT2D eigenvalue weighted by atomic mass is 32.2. The fourth-order valence-corrected chi connectivity index (χ4v) is 4.01. The summed E-state index contributed by atoms with van der Waals surface area (Å²) < 4.78 is 34.7. The first kappa shape index (κ1) is 20.1. The molecule has 0 unspecified atom stereocenters. The van der Waals surface area contributed by atoms with Crippen LogP contribution in [0.4, 0.5) is 8.78 Å². The lowest BCUT2D eigenvalue weighted by atomic mass is 10.1. The van der Waals surface area contributed by atoms with Crippen molar-refractivity contribution in [3.05, 3.63) is 89.5 Å². The summed E-state index contributed by atoms with van der Waals surface area (Å²) in [7, 11) is 1.61. The van der Waals surface area contributed by atoms with Crippen molar-refractivity contribution in [2.24, 2.45) is 0 Å². The SMILES string of the molecule is COc1ccccc1-c1nnc(SCc2ccc(F)cc2F)n1-c1ccc(C)cc1. The molecule has 4 rings (SSSR count). The molecule has 0 aliphatic carbocycles. The number of benzene rings is 3. The number of hydrogen-bond donors (Lipinski definition) is 0. The van der Waals surface area contributed by atoms with Gasteiger partial charge in [0.2, 0.25) is 0 Å². The van der Waals surface area contributed by atoms with Gasteiger partial charge in [-0.3, -0.25) is 4.57 Å². The molecule has 0 radical (unpaired) electrons. The molecule has 0 saturated carbocycles. The predicted molar refractivity (Wildman–Crippen MR) is 114 cm³/mol. The molecule has 0 amide bonds. The van der Waals surface area contributed by atoms with Crippen molar-refractivity contribution in [2.75, 3.05) is 7.11 Å². The van der Waals surface area contributed by atoms with Crippen LogP contribution in [-0.4, -0.2) is 21.9 Å². The molecule has 152 valence electrons. The number of hydrogen-bond acceptors (Lipinski definition) is 4. The molecule has 30 heavy (non-hydrogen) atoms. The molecule has 1 aromatic heterocycles. The number of aryl methyl sites for hydroxylation is 1. The van der Waals surface area contributed by atoms with E-state index in [2.05, 4.69) is 10.2 Å². The number of rotatable bonds is 6. The maximum atomic E-state index is 14.1. The van der Waals surface area contributed by atoms with Crippen molar-refractivity contribution in [3.63, 3.8) is 0 Å².